The van der Waals surface area contributed by atoms with Gasteiger partial charge in [-0.1, -0.05) is 24.3 Å². The molecule has 0 saturated heterocycles. The van der Waals surface area contributed by atoms with Gasteiger partial charge in [0.25, 0.3) is 5.91 Å². The fourth-order valence-electron chi connectivity index (χ4n) is 2.24. The van der Waals surface area contributed by atoms with Crippen LogP contribution in [0.4, 0.5) is 10.1 Å². The maximum atomic E-state index is 13.5. The highest BCUT2D eigenvalue weighted by Crippen LogP contribution is 2.19. The van der Waals surface area contributed by atoms with Crippen LogP contribution >= 0.6 is 0 Å². The van der Waals surface area contributed by atoms with E-state index in [1.54, 1.807) is 37.3 Å². The molecule has 0 heterocycles. The number of hydrogen-bond donors (Lipinski definition) is 1. The average molecular weight is 371 g/mol. The van der Waals surface area contributed by atoms with E-state index in [1.807, 2.05) is 19.1 Å². The molecule has 0 aliphatic carbocycles. The van der Waals surface area contributed by atoms with Gasteiger partial charge in [-0.25, -0.2) is 9.18 Å². The van der Waals surface area contributed by atoms with Crippen LogP contribution in [0.3, 0.4) is 0 Å². The van der Waals surface area contributed by atoms with Crippen molar-refractivity contribution in [2.75, 3.05) is 11.9 Å². The first-order valence-corrected chi connectivity index (χ1v) is 8.58. The third-order valence-corrected chi connectivity index (χ3v) is 3.72. The van der Waals surface area contributed by atoms with Crippen molar-refractivity contribution >= 4 is 23.6 Å². The number of aryl methyl sites for hydroxylation is 1. The number of rotatable bonds is 7. The summed E-state index contributed by atoms with van der Waals surface area (Å²) in [4.78, 5) is 24.1. The number of halogens is 1. The Labute approximate surface area is 157 Å². The highest BCUT2D eigenvalue weighted by atomic mass is 19.1. The molecule has 0 aliphatic heterocycles. The molecule has 2 aromatic rings. The zero-order chi connectivity index (χ0) is 19.8. The van der Waals surface area contributed by atoms with Crippen molar-refractivity contribution in [3.05, 3.63) is 65.5 Å². The zero-order valence-corrected chi connectivity index (χ0v) is 15.5. The van der Waals surface area contributed by atoms with Gasteiger partial charge in [-0.15, -0.1) is 0 Å². The maximum Gasteiger partial charge on any atom is 0.331 e. The topological polar surface area (TPSA) is 64.6 Å². The Morgan fingerprint density at radius 3 is 2.67 bits per heavy atom. The minimum atomic E-state index is -1.03. The number of anilines is 1. The molecule has 142 valence electrons. The van der Waals surface area contributed by atoms with Crippen LogP contribution in [0.2, 0.25) is 0 Å². The van der Waals surface area contributed by atoms with Gasteiger partial charge in [0.15, 0.2) is 6.10 Å². The maximum absolute atomic E-state index is 13.5. The molecule has 6 heteroatoms. The lowest BCUT2D eigenvalue weighted by Gasteiger charge is -2.13. The molecule has 0 bridgehead atoms. The monoisotopic (exact) mass is 371 g/mol. The molecular formula is C21H22FNO4. The molecule has 1 atom stereocenters. The number of ether oxygens (including phenoxy) is 2. The smallest absolute Gasteiger partial charge is 0.331 e. The fraction of sp³-hybridized carbons (Fsp3) is 0.238. The average Bonchev–Trinajstić information content (AvgIpc) is 2.64. The van der Waals surface area contributed by atoms with Gasteiger partial charge in [0, 0.05) is 17.3 Å². The van der Waals surface area contributed by atoms with Crippen molar-refractivity contribution in [3.63, 3.8) is 0 Å². The Morgan fingerprint density at radius 1 is 1.22 bits per heavy atom. The normalized spacial score (nSPS) is 11.9. The summed E-state index contributed by atoms with van der Waals surface area (Å²) in [5, 5.41) is 2.51. The third-order valence-electron chi connectivity index (χ3n) is 3.72. The van der Waals surface area contributed by atoms with Crippen LogP contribution in [0.25, 0.3) is 6.08 Å². The molecule has 27 heavy (non-hydrogen) atoms. The van der Waals surface area contributed by atoms with Crippen LogP contribution in [0.1, 0.15) is 25.0 Å². The SMILES string of the molecule is CCOc1ccccc1/C=C/C(=O)OC(C)C(=O)Nc1ccc(C)c(F)c1. The minimum absolute atomic E-state index is 0.298. The summed E-state index contributed by atoms with van der Waals surface area (Å²) >= 11 is 0. The van der Waals surface area contributed by atoms with Crippen molar-refractivity contribution in [3.8, 4) is 5.75 Å². The molecule has 0 aromatic heterocycles. The van der Waals surface area contributed by atoms with Gasteiger partial charge < -0.3 is 14.8 Å². The quantitative estimate of drug-likeness (QED) is 0.587. The van der Waals surface area contributed by atoms with Gasteiger partial charge in [-0.2, -0.15) is 0 Å². The van der Waals surface area contributed by atoms with Crippen LogP contribution in [0, 0.1) is 12.7 Å². The van der Waals surface area contributed by atoms with E-state index in [-0.39, 0.29) is 0 Å². The number of amides is 1. The van der Waals surface area contributed by atoms with Crippen LogP contribution in [-0.2, 0) is 14.3 Å². The number of carbonyl (C=O) groups is 2. The molecule has 0 radical (unpaired) electrons. The molecule has 1 unspecified atom stereocenters. The Balaban J connectivity index is 1.94. The molecule has 0 spiro atoms. The van der Waals surface area contributed by atoms with Crippen LogP contribution < -0.4 is 10.1 Å². The summed E-state index contributed by atoms with van der Waals surface area (Å²) in [7, 11) is 0. The Kier molecular flexibility index (Phi) is 7.11. The molecule has 2 aromatic carbocycles. The summed E-state index contributed by atoms with van der Waals surface area (Å²) in [5.74, 6) is -0.988. The van der Waals surface area contributed by atoms with E-state index in [1.165, 1.54) is 19.1 Å². The number of esters is 1. The highest BCUT2D eigenvalue weighted by molar-refractivity contribution is 5.96. The summed E-state index contributed by atoms with van der Waals surface area (Å²) in [6, 6.07) is 11.6. The first-order chi connectivity index (χ1) is 12.9. The van der Waals surface area contributed by atoms with Crippen molar-refractivity contribution in [1.29, 1.82) is 0 Å². The number of nitrogens with one attached hydrogen (secondary N) is 1. The van der Waals surface area contributed by atoms with Gasteiger partial charge in [0.2, 0.25) is 0 Å². The predicted molar refractivity (Wildman–Crippen MR) is 102 cm³/mol. The summed E-state index contributed by atoms with van der Waals surface area (Å²) in [5.41, 5.74) is 1.50. The molecule has 2 rings (SSSR count). The zero-order valence-electron chi connectivity index (χ0n) is 15.5. The van der Waals surface area contributed by atoms with Crippen molar-refractivity contribution in [2.45, 2.75) is 26.9 Å². The third kappa shape index (κ3) is 5.95. The van der Waals surface area contributed by atoms with E-state index in [0.29, 0.717) is 23.6 Å². The second-order valence-corrected chi connectivity index (χ2v) is 5.84. The van der Waals surface area contributed by atoms with Crippen molar-refractivity contribution in [2.24, 2.45) is 0 Å². The fourth-order valence-corrected chi connectivity index (χ4v) is 2.24. The highest BCUT2D eigenvalue weighted by Gasteiger charge is 2.17. The molecule has 1 amide bonds. The van der Waals surface area contributed by atoms with Crippen LogP contribution in [0.5, 0.6) is 5.75 Å². The van der Waals surface area contributed by atoms with Gasteiger partial charge in [0.05, 0.1) is 6.61 Å². The van der Waals surface area contributed by atoms with E-state index in [4.69, 9.17) is 9.47 Å². The molecular weight excluding hydrogens is 349 g/mol. The van der Waals surface area contributed by atoms with Crippen LogP contribution in [-0.4, -0.2) is 24.6 Å². The van der Waals surface area contributed by atoms with Crippen LogP contribution in [0.15, 0.2) is 48.5 Å². The number of benzene rings is 2. The van der Waals surface area contributed by atoms with E-state index in [0.717, 1.165) is 5.56 Å². The first-order valence-electron chi connectivity index (χ1n) is 8.58. The molecule has 0 saturated carbocycles. The number of carbonyl (C=O) groups excluding carboxylic acids is 2. The lowest BCUT2D eigenvalue weighted by molar-refractivity contribution is -0.148. The molecule has 5 nitrogen and oxygen atoms in total. The van der Waals surface area contributed by atoms with E-state index in [9.17, 15) is 14.0 Å². The van der Waals surface area contributed by atoms with Crippen molar-refractivity contribution in [1.82, 2.24) is 0 Å². The molecule has 0 aliphatic rings. The van der Waals surface area contributed by atoms with E-state index < -0.39 is 23.8 Å². The molecule has 0 fully saturated rings. The Bertz CT molecular complexity index is 848. The van der Waals surface area contributed by atoms with Gasteiger partial charge >= 0.3 is 5.97 Å². The number of hydrogen-bond acceptors (Lipinski definition) is 4. The largest absolute Gasteiger partial charge is 0.493 e. The standard InChI is InChI=1S/C21H22FNO4/c1-4-26-19-8-6-5-7-16(19)10-12-20(24)27-15(3)21(25)23-17-11-9-14(2)18(22)13-17/h5-13,15H,4H2,1-3H3,(H,23,25)/b12-10+. The second-order valence-electron chi connectivity index (χ2n) is 5.84. The lowest BCUT2D eigenvalue weighted by Crippen LogP contribution is -2.29. The first kappa shape index (κ1) is 20.2. The molecule has 1 N–H and O–H groups in total. The Morgan fingerprint density at radius 2 is 1.96 bits per heavy atom. The second kappa shape index (κ2) is 9.52. The minimum Gasteiger partial charge on any atom is -0.493 e. The van der Waals surface area contributed by atoms with Gasteiger partial charge in [0.1, 0.15) is 11.6 Å². The van der Waals surface area contributed by atoms with E-state index in [2.05, 4.69) is 5.32 Å². The Hall–Kier alpha value is -3.15. The van der Waals surface area contributed by atoms with Gasteiger partial charge in [-0.3, -0.25) is 4.79 Å². The van der Waals surface area contributed by atoms with Crippen molar-refractivity contribution < 1.29 is 23.5 Å². The van der Waals surface area contributed by atoms with E-state index >= 15 is 0 Å². The predicted octanol–water partition coefficient (Wildman–Crippen LogP) is 4.12. The lowest BCUT2D eigenvalue weighted by atomic mass is 10.2. The number of para-hydroxylation sites is 1. The van der Waals surface area contributed by atoms with Gasteiger partial charge in [-0.05, 0) is 50.6 Å². The summed E-state index contributed by atoms with van der Waals surface area (Å²) in [6.07, 6.45) is 1.76. The summed E-state index contributed by atoms with van der Waals surface area (Å²) < 4.78 is 24.1. The summed E-state index contributed by atoms with van der Waals surface area (Å²) in [6.45, 7) is 5.45.